The van der Waals surface area contributed by atoms with E-state index in [1.54, 1.807) is 7.11 Å². The summed E-state index contributed by atoms with van der Waals surface area (Å²) in [5, 5.41) is 5.25. The second-order valence-electron chi connectivity index (χ2n) is 6.18. The molecule has 3 rings (SSSR count). The van der Waals surface area contributed by atoms with E-state index >= 15 is 0 Å². The monoisotopic (exact) mass is 471 g/mol. The molecule has 0 radical (unpaired) electrons. The maximum absolute atomic E-state index is 6.45. The van der Waals surface area contributed by atoms with E-state index in [9.17, 15) is 0 Å². The van der Waals surface area contributed by atoms with E-state index in [1.807, 2.05) is 60.7 Å². The number of benzene rings is 3. The summed E-state index contributed by atoms with van der Waals surface area (Å²) in [6.45, 7) is 1.58. The van der Waals surface area contributed by atoms with Crippen LogP contribution in [0.25, 0.3) is 0 Å². The fourth-order valence-corrected chi connectivity index (χ4v) is 3.44. The molecule has 0 amide bonds. The first-order chi connectivity index (χ1) is 13.6. The van der Waals surface area contributed by atoms with Crippen LogP contribution in [0.5, 0.6) is 11.5 Å². The van der Waals surface area contributed by atoms with Crippen molar-refractivity contribution in [2.24, 2.45) is 0 Å². The molecule has 7 heteroatoms. The second kappa shape index (κ2) is 11.5. The number of methoxy groups -OCH3 is 1. The van der Waals surface area contributed by atoms with E-state index in [2.05, 4.69) is 5.32 Å². The van der Waals surface area contributed by atoms with E-state index in [1.165, 1.54) is 0 Å². The number of nitrogens with one attached hydrogen (secondary N) is 1. The molecule has 1 N–H and O–H groups in total. The third-order valence-electron chi connectivity index (χ3n) is 4.22. The van der Waals surface area contributed by atoms with E-state index in [-0.39, 0.29) is 12.4 Å². The molecule has 3 aromatic rings. The van der Waals surface area contributed by atoms with Crippen LogP contribution in [0.2, 0.25) is 15.1 Å². The van der Waals surface area contributed by atoms with E-state index in [4.69, 9.17) is 44.3 Å². The fourth-order valence-electron chi connectivity index (χ4n) is 2.76. The molecule has 0 bridgehead atoms. The first-order valence-corrected chi connectivity index (χ1v) is 9.88. The summed E-state index contributed by atoms with van der Waals surface area (Å²) >= 11 is 18.8. The highest BCUT2D eigenvalue weighted by molar-refractivity contribution is 6.32. The van der Waals surface area contributed by atoms with Gasteiger partial charge in [-0.25, -0.2) is 0 Å². The molecule has 0 fully saturated rings. The molecule has 29 heavy (non-hydrogen) atoms. The van der Waals surface area contributed by atoms with Gasteiger partial charge in [0.25, 0.3) is 0 Å². The molecule has 0 aliphatic carbocycles. The number of halogens is 4. The van der Waals surface area contributed by atoms with E-state index < -0.39 is 0 Å². The van der Waals surface area contributed by atoms with E-state index in [0.717, 1.165) is 21.7 Å². The Morgan fingerprint density at radius 2 is 1.41 bits per heavy atom. The SMILES string of the molecule is COc1cc(CNCc2ccccc2Cl)cc(Cl)c1OCc1ccccc1Cl.Cl. The first-order valence-electron chi connectivity index (χ1n) is 8.75. The minimum Gasteiger partial charge on any atom is -0.493 e. The topological polar surface area (TPSA) is 30.5 Å². The van der Waals surface area contributed by atoms with Gasteiger partial charge >= 0.3 is 0 Å². The summed E-state index contributed by atoms with van der Waals surface area (Å²) in [7, 11) is 1.59. The van der Waals surface area contributed by atoms with Gasteiger partial charge in [0, 0.05) is 28.7 Å². The van der Waals surface area contributed by atoms with Crippen molar-refractivity contribution in [2.75, 3.05) is 7.11 Å². The average molecular weight is 473 g/mol. The Bertz CT molecular complexity index is 950. The van der Waals surface area contributed by atoms with Crippen molar-refractivity contribution < 1.29 is 9.47 Å². The molecular formula is C22H21Cl4NO2. The molecule has 0 saturated heterocycles. The van der Waals surface area contributed by atoms with Crippen molar-refractivity contribution in [1.29, 1.82) is 0 Å². The van der Waals surface area contributed by atoms with Gasteiger partial charge < -0.3 is 14.8 Å². The van der Waals surface area contributed by atoms with Gasteiger partial charge in [0.15, 0.2) is 11.5 Å². The maximum Gasteiger partial charge on any atom is 0.180 e. The van der Waals surface area contributed by atoms with Crippen LogP contribution in [0.4, 0.5) is 0 Å². The quantitative estimate of drug-likeness (QED) is 0.384. The molecule has 0 aliphatic rings. The van der Waals surface area contributed by atoms with Crippen LogP contribution >= 0.6 is 47.2 Å². The standard InChI is InChI=1S/C22H20Cl3NO2.ClH/c1-27-21-11-15(12-26-13-16-6-2-4-8-18(16)23)10-20(25)22(21)28-14-17-7-3-5-9-19(17)24;/h2-11,26H,12-14H2,1H3;1H. The van der Waals surface area contributed by atoms with Crippen LogP contribution in [0.3, 0.4) is 0 Å². The smallest absolute Gasteiger partial charge is 0.180 e. The van der Waals surface area contributed by atoms with Crippen molar-refractivity contribution in [1.82, 2.24) is 5.32 Å². The Morgan fingerprint density at radius 3 is 2.03 bits per heavy atom. The van der Waals surface area contributed by atoms with Crippen molar-refractivity contribution in [3.63, 3.8) is 0 Å². The van der Waals surface area contributed by atoms with Gasteiger partial charge in [-0.15, -0.1) is 12.4 Å². The predicted molar refractivity (Wildman–Crippen MR) is 123 cm³/mol. The molecule has 0 atom stereocenters. The Labute approximate surface area is 192 Å². The van der Waals surface area contributed by atoms with Gasteiger partial charge in [0.2, 0.25) is 0 Å². The largest absolute Gasteiger partial charge is 0.493 e. The van der Waals surface area contributed by atoms with Gasteiger partial charge in [-0.1, -0.05) is 71.2 Å². The normalized spacial score (nSPS) is 10.3. The molecule has 154 valence electrons. The molecule has 0 saturated carbocycles. The third-order valence-corrected chi connectivity index (χ3v) is 5.24. The van der Waals surface area contributed by atoms with Gasteiger partial charge in [0.1, 0.15) is 6.61 Å². The Morgan fingerprint density at radius 1 is 0.793 bits per heavy atom. The van der Waals surface area contributed by atoms with Crippen LogP contribution < -0.4 is 14.8 Å². The van der Waals surface area contributed by atoms with Gasteiger partial charge in [-0.05, 0) is 35.4 Å². The minimum absolute atomic E-state index is 0. The molecule has 0 aromatic heterocycles. The fraction of sp³-hybridized carbons (Fsp3) is 0.182. The molecule has 0 unspecified atom stereocenters. The molecular weight excluding hydrogens is 452 g/mol. The molecule has 3 aromatic carbocycles. The minimum atomic E-state index is 0. The number of rotatable bonds is 8. The lowest BCUT2D eigenvalue weighted by molar-refractivity contribution is 0.284. The molecule has 0 spiro atoms. The summed E-state index contributed by atoms with van der Waals surface area (Å²) in [5.74, 6) is 1.08. The van der Waals surface area contributed by atoms with Gasteiger partial charge in [-0.2, -0.15) is 0 Å². The average Bonchev–Trinajstić information content (AvgIpc) is 2.69. The lowest BCUT2D eigenvalue weighted by atomic mass is 10.1. The zero-order valence-corrected chi connectivity index (χ0v) is 18.8. The number of ether oxygens (including phenoxy) is 2. The zero-order chi connectivity index (χ0) is 19.9. The highest BCUT2D eigenvalue weighted by atomic mass is 35.5. The first kappa shape index (κ1) is 23.7. The van der Waals surface area contributed by atoms with Crippen molar-refractivity contribution in [3.8, 4) is 11.5 Å². The van der Waals surface area contributed by atoms with E-state index in [0.29, 0.717) is 41.2 Å². The van der Waals surface area contributed by atoms with Crippen molar-refractivity contribution in [3.05, 3.63) is 92.4 Å². The highest BCUT2D eigenvalue weighted by Gasteiger charge is 2.13. The summed E-state index contributed by atoms with van der Waals surface area (Å²) in [4.78, 5) is 0. The van der Waals surface area contributed by atoms with Gasteiger partial charge in [-0.3, -0.25) is 0 Å². The Balaban J connectivity index is 0.00000300. The predicted octanol–water partition coefficient (Wildman–Crippen LogP) is 6.95. The lowest BCUT2D eigenvalue weighted by Crippen LogP contribution is -2.13. The summed E-state index contributed by atoms with van der Waals surface area (Å²) < 4.78 is 11.4. The third kappa shape index (κ3) is 6.43. The zero-order valence-electron chi connectivity index (χ0n) is 15.8. The maximum atomic E-state index is 6.45. The Hall–Kier alpha value is -1.62. The number of hydrogen-bond acceptors (Lipinski definition) is 3. The van der Waals surface area contributed by atoms with Crippen LogP contribution in [0.15, 0.2) is 60.7 Å². The summed E-state index contributed by atoms with van der Waals surface area (Å²) in [6, 6.07) is 19.1. The highest BCUT2D eigenvalue weighted by Crippen LogP contribution is 2.37. The number of hydrogen-bond donors (Lipinski definition) is 1. The van der Waals surface area contributed by atoms with Crippen molar-refractivity contribution >= 4 is 47.2 Å². The lowest BCUT2D eigenvalue weighted by Gasteiger charge is -2.15. The van der Waals surface area contributed by atoms with Crippen LogP contribution in [-0.2, 0) is 19.7 Å². The van der Waals surface area contributed by atoms with Crippen LogP contribution in [-0.4, -0.2) is 7.11 Å². The van der Waals surface area contributed by atoms with Gasteiger partial charge in [0.05, 0.1) is 12.1 Å². The molecule has 0 aliphatic heterocycles. The summed E-state index contributed by atoms with van der Waals surface area (Å²) in [6.07, 6.45) is 0. The summed E-state index contributed by atoms with van der Waals surface area (Å²) in [5.41, 5.74) is 2.91. The molecule has 3 nitrogen and oxygen atoms in total. The van der Waals surface area contributed by atoms with Crippen LogP contribution in [0.1, 0.15) is 16.7 Å². The Kier molecular flexibility index (Phi) is 9.41. The second-order valence-corrected chi connectivity index (χ2v) is 7.41. The molecule has 0 heterocycles. The van der Waals surface area contributed by atoms with Crippen molar-refractivity contribution in [2.45, 2.75) is 19.7 Å². The van der Waals surface area contributed by atoms with Crippen LogP contribution in [0, 0.1) is 0 Å².